The Bertz CT molecular complexity index is 606. The molecule has 4 heteroatoms. The molecule has 0 aliphatic heterocycles. The summed E-state index contributed by atoms with van der Waals surface area (Å²) in [5, 5.41) is 10.5. The minimum Gasteiger partial charge on any atom is -0.497 e. The van der Waals surface area contributed by atoms with Gasteiger partial charge >= 0.3 is 0 Å². The van der Waals surface area contributed by atoms with Gasteiger partial charge in [-0.25, -0.2) is 0 Å². The van der Waals surface area contributed by atoms with Gasteiger partial charge in [0, 0.05) is 25.2 Å². The van der Waals surface area contributed by atoms with Gasteiger partial charge in [0.15, 0.2) is 0 Å². The van der Waals surface area contributed by atoms with Crippen molar-refractivity contribution in [1.29, 1.82) is 0 Å². The number of aliphatic hydroxyl groups is 1. The smallest absolute Gasteiger partial charge is 0.122 e. The summed E-state index contributed by atoms with van der Waals surface area (Å²) >= 11 is 0. The van der Waals surface area contributed by atoms with Gasteiger partial charge in [-0.15, -0.1) is 0 Å². The molecule has 2 aromatic rings. The molecule has 0 aliphatic carbocycles. The van der Waals surface area contributed by atoms with Crippen LogP contribution < -0.4 is 9.47 Å². The number of aliphatic hydroxyl groups excluding tert-OH is 1. The van der Waals surface area contributed by atoms with Crippen molar-refractivity contribution in [2.75, 3.05) is 20.8 Å². The van der Waals surface area contributed by atoms with Gasteiger partial charge in [-0.3, -0.25) is 4.90 Å². The lowest BCUT2D eigenvalue weighted by Crippen LogP contribution is -2.34. The highest BCUT2D eigenvalue weighted by Crippen LogP contribution is 2.25. The number of methoxy groups -OCH3 is 2. The van der Waals surface area contributed by atoms with Gasteiger partial charge in [0.2, 0.25) is 0 Å². The molecule has 1 atom stereocenters. The Kier molecular flexibility index (Phi) is 6.64. The average Bonchev–Trinajstić information content (AvgIpc) is 2.61. The number of hydrogen-bond acceptors (Lipinski definition) is 4. The number of rotatable bonds is 8. The van der Waals surface area contributed by atoms with Gasteiger partial charge in [0.05, 0.1) is 20.3 Å². The molecule has 2 aromatic carbocycles. The van der Waals surface area contributed by atoms with Crippen LogP contribution in [0.2, 0.25) is 0 Å². The third-order valence-electron chi connectivity index (χ3n) is 4.12. The highest BCUT2D eigenvalue weighted by atomic mass is 16.5. The van der Waals surface area contributed by atoms with Crippen molar-refractivity contribution >= 4 is 0 Å². The van der Waals surface area contributed by atoms with Crippen molar-refractivity contribution in [3.8, 4) is 11.5 Å². The molecule has 0 bridgehead atoms. The molecule has 2 rings (SSSR count). The van der Waals surface area contributed by atoms with Gasteiger partial charge in [0.25, 0.3) is 0 Å². The van der Waals surface area contributed by atoms with Crippen molar-refractivity contribution in [1.82, 2.24) is 4.90 Å². The number of nitrogens with zero attached hydrogens (tertiary/aromatic N) is 1. The summed E-state index contributed by atoms with van der Waals surface area (Å²) in [7, 11) is 3.30. The van der Waals surface area contributed by atoms with E-state index in [0.717, 1.165) is 29.2 Å². The average molecular weight is 329 g/mol. The van der Waals surface area contributed by atoms with Crippen LogP contribution in [0.4, 0.5) is 0 Å². The Hall–Kier alpha value is -2.04. The Labute approximate surface area is 144 Å². The Morgan fingerprint density at radius 3 is 2.04 bits per heavy atom. The normalized spacial score (nSPS) is 12.5. The highest BCUT2D eigenvalue weighted by Gasteiger charge is 2.17. The van der Waals surface area contributed by atoms with Crippen molar-refractivity contribution in [3.63, 3.8) is 0 Å². The van der Waals surface area contributed by atoms with E-state index >= 15 is 0 Å². The van der Waals surface area contributed by atoms with E-state index in [4.69, 9.17) is 9.47 Å². The monoisotopic (exact) mass is 329 g/mol. The van der Waals surface area contributed by atoms with Crippen LogP contribution in [0, 0.1) is 0 Å². The molecule has 0 amide bonds. The predicted octanol–water partition coefficient (Wildman–Crippen LogP) is 3.65. The van der Waals surface area contributed by atoms with Crippen LogP contribution in [0.5, 0.6) is 11.5 Å². The first-order valence-electron chi connectivity index (χ1n) is 8.22. The van der Waals surface area contributed by atoms with Crippen LogP contribution in [0.15, 0.2) is 48.5 Å². The standard InChI is InChI=1S/C20H27NO3/c1-15(2)21(14-20(22)17-8-6-5-7-9-17)13-16-10-18(23-3)12-19(11-16)24-4/h5-12,15,20,22H,13-14H2,1-4H3. The van der Waals surface area contributed by atoms with E-state index in [2.05, 4.69) is 18.7 Å². The van der Waals surface area contributed by atoms with Crippen LogP contribution in [-0.2, 0) is 6.54 Å². The third kappa shape index (κ3) is 4.98. The molecule has 24 heavy (non-hydrogen) atoms. The van der Waals surface area contributed by atoms with E-state index in [9.17, 15) is 5.11 Å². The van der Waals surface area contributed by atoms with Crippen molar-refractivity contribution < 1.29 is 14.6 Å². The molecule has 130 valence electrons. The molecular weight excluding hydrogens is 302 g/mol. The quantitative estimate of drug-likeness (QED) is 0.803. The van der Waals surface area contributed by atoms with Gasteiger partial charge in [-0.2, -0.15) is 0 Å². The molecule has 0 aromatic heterocycles. The second-order valence-corrected chi connectivity index (χ2v) is 6.17. The van der Waals surface area contributed by atoms with E-state index in [-0.39, 0.29) is 0 Å². The SMILES string of the molecule is COc1cc(CN(CC(O)c2ccccc2)C(C)C)cc(OC)c1. The van der Waals surface area contributed by atoms with Gasteiger partial charge in [-0.1, -0.05) is 30.3 Å². The molecule has 0 saturated carbocycles. The summed E-state index contributed by atoms with van der Waals surface area (Å²) in [6.45, 7) is 5.56. The molecule has 0 heterocycles. The van der Waals surface area contributed by atoms with Crippen LogP contribution in [0.1, 0.15) is 31.1 Å². The van der Waals surface area contributed by atoms with Crippen molar-refractivity contribution in [3.05, 3.63) is 59.7 Å². The molecule has 0 radical (unpaired) electrons. The number of hydrogen-bond donors (Lipinski definition) is 1. The lowest BCUT2D eigenvalue weighted by molar-refractivity contribution is 0.0907. The fraction of sp³-hybridized carbons (Fsp3) is 0.400. The first-order chi connectivity index (χ1) is 11.5. The minimum atomic E-state index is -0.513. The van der Waals surface area contributed by atoms with Crippen LogP contribution >= 0.6 is 0 Å². The maximum absolute atomic E-state index is 10.5. The second-order valence-electron chi connectivity index (χ2n) is 6.17. The molecular formula is C20H27NO3. The van der Waals surface area contributed by atoms with E-state index in [1.165, 1.54) is 0 Å². The van der Waals surface area contributed by atoms with Gasteiger partial charge < -0.3 is 14.6 Å². The fourth-order valence-electron chi connectivity index (χ4n) is 2.65. The third-order valence-corrected chi connectivity index (χ3v) is 4.12. The maximum atomic E-state index is 10.5. The van der Waals surface area contributed by atoms with E-state index in [1.807, 2.05) is 48.5 Å². The first kappa shape index (κ1) is 18.3. The van der Waals surface area contributed by atoms with Crippen LogP contribution in [0.3, 0.4) is 0 Å². The number of ether oxygens (including phenoxy) is 2. The Morgan fingerprint density at radius 2 is 1.54 bits per heavy atom. The lowest BCUT2D eigenvalue weighted by Gasteiger charge is -2.29. The summed E-state index contributed by atoms with van der Waals surface area (Å²) in [6.07, 6.45) is -0.513. The van der Waals surface area contributed by atoms with Gasteiger partial charge in [-0.05, 0) is 37.1 Å². The van der Waals surface area contributed by atoms with E-state index in [0.29, 0.717) is 12.6 Å². The Balaban J connectivity index is 2.14. The minimum absolute atomic E-state index is 0.306. The molecule has 0 fully saturated rings. The molecule has 0 saturated heterocycles. The second kappa shape index (κ2) is 8.71. The molecule has 1 unspecified atom stereocenters. The Morgan fingerprint density at radius 1 is 0.958 bits per heavy atom. The topological polar surface area (TPSA) is 41.9 Å². The van der Waals surface area contributed by atoms with Crippen LogP contribution in [-0.4, -0.2) is 36.8 Å². The van der Waals surface area contributed by atoms with Crippen LogP contribution in [0.25, 0.3) is 0 Å². The van der Waals surface area contributed by atoms with Crippen molar-refractivity contribution in [2.45, 2.75) is 32.5 Å². The summed E-state index contributed by atoms with van der Waals surface area (Å²) < 4.78 is 10.7. The summed E-state index contributed by atoms with van der Waals surface area (Å²) in [6, 6.07) is 16.0. The molecule has 4 nitrogen and oxygen atoms in total. The van der Waals surface area contributed by atoms with E-state index < -0.39 is 6.10 Å². The largest absolute Gasteiger partial charge is 0.497 e. The maximum Gasteiger partial charge on any atom is 0.122 e. The van der Waals surface area contributed by atoms with Gasteiger partial charge in [0.1, 0.15) is 11.5 Å². The van der Waals surface area contributed by atoms with E-state index in [1.54, 1.807) is 14.2 Å². The molecule has 0 spiro atoms. The molecule has 0 aliphatic rings. The summed E-state index contributed by atoms with van der Waals surface area (Å²) in [4.78, 5) is 2.24. The lowest BCUT2D eigenvalue weighted by atomic mass is 10.1. The highest BCUT2D eigenvalue weighted by molar-refractivity contribution is 5.38. The summed E-state index contributed by atoms with van der Waals surface area (Å²) in [5.41, 5.74) is 2.03. The van der Waals surface area contributed by atoms with Crippen molar-refractivity contribution in [2.24, 2.45) is 0 Å². The zero-order valence-corrected chi connectivity index (χ0v) is 14.9. The first-order valence-corrected chi connectivity index (χ1v) is 8.22. The molecule has 1 N–H and O–H groups in total. The zero-order chi connectivity index (χ0) is 17.5. The fourth-order valence-corrected chi connectivity index (χ4v) is 2.65. The summed E-state index contributed by atoms with van der Waals surface area (Å²) in [5.74, 6) is 1.55. The zero-order valence-electron chi connectivity index (χ0n) is 14.9. The predicted molar refractivity (Wildman–Crippen MR) is 96.5 cm³/mol. The number of benzene rings is 2.